The fourth-order valence-corrected chi connectivity index (χ4v) is 7.42. The minimum absolute atomic E-state index is 0.0491. The third-order valence-electron chi connectivity index (χ3n) is 9.55. The van der Waals surface area contributed by atoms with Gasteiger partial charge in [0, 0.05) is 16.2 Å². The van der Waals surface area contributed by atoms with Crippen LogP contribution in [0.5, 0.6) is 0 Å². The summed E-state index contributed by atoms with van der Waals surface area (Å²) < 4.78 is 2.49. The van der Waals surface area contributed by atoms with E-state index in [0.717, 1.165) is 0 Å². The summed E-state index contributed by atoms with van der Waals surface area (Å²) in [6.07, 6.45) is 0. The van der Waals surface area contributed by atoms with Crippen molar-refractivity contribution in [2.24, 2.45) is 0 Å². The lowest BCUT2D eigenvalue weighted by Gasteiger charge is -2.34. The second-order valence-electron chi connectivity index (χ2n) is 12.2. The summed E-state index contributed by atoms with van der Waals surface area (Å²) in [6.45, 7) is 4.71. The van der Waals surface area contributed by atoms with Crippen LogP contribution in [0.1, 0.15) is 25.0 Å². The van der Waals surface area contributed by atoms with Gasteiger partial charge in [0.15, 0.2) is 0 Å². The van der Waals surface area contributed by atoms with Crippen molar-refractivity contribution < 1.29 is 0 Å². The van der Waals surface area contributed by atoms with E-state index in [4.69, 9.17) is 0 Å². The van der Waals surface area contributed by atoms with Crippen LogP contribution in [0.3, 0.4) is 0 Å². The van der Waals surface area contributed by atoms with Gasteiger partial charge >= 0.3 is 0 Å². The number of hydrogen-bond donors (Lipinski definition) is 0. The molecule has 0 atom stereocenters. The number of aromatic nitrogens is 1. The van der Waals surface area contributed by atoms with E-state index < -0.39 is 0 Å². The van der Waals surface area contributed by atoms with Gasteiger partial charge in [-0.15, -0.1) is 0 Å². The molecule has 1 nitrogen and oxygen atoms in total. The smallest absolute Gasteiger partial charge is 0.0582 e. The predicted octanol–water partition coefficient (Wildman–Crippen LogP) is 11.1. The lowest BCUT2D eigenvalue weighted by Crippen LogP contribution is -2.26. The van der Waals surface area contributed by atoms with Gasteiger partial charge in [0.25, 0.3) is 0 Å². The quantitative estimate of drug-likeness (QED) is 0.207. The van der Waals surface area contributed by atoms with Gasteiger partial charge in [-0.2, -0.15) is 0 Å². The summed E-state index contributed by atoms with van der Waals surface area (Å²) in [4.78, 5) is 0. The first-order valence-corrected chi connectivity index (χ1v) is 14.8. The van der Waals surface area contributed by atoms with E-state index in [2.05, 4.69) is 158 Å². The van der Waals surface area contributed by atoms with Crippen LogP contribution in [0.25, 0.3) is 71.3 Å². The molecule has 0 unspecified atom stereocenters. The molecule has 0 spiro atoms. The summed E-state index contributed by atoms with van der Waals surface area (Å²) >= 11 is 0. The van der Waals surface area contributed by atoms with E-state index in [-0.39, 0.29) is 5.41 Å². The molecule has 0 bridgehead atoms. The number of para-hydroxylation sites is 2. The number of hydrogen-bond acceptors (Lipinski definition) is 0. The first-order valence-electron chi connectivity index (χ1n) is 14.8. The number of benzene rings is 7. The van der Waals surface area contributed by atoms with Crippen molar-refractivity contribution in [2.75, 3.05) is 0 Å². The van der Waals surface area contributed by atoms with Gasteiger partial charge in [-0.25, -0.2) is 0 Å². The van der Waals surface area contributed by atoms with Gasteiger partial charge < -0.3 is 4.57 Å². The first kappa shape index (κ1) is 23.6. The van der Waals surface area contributed by atoms with Crippen LogP contribution >= 0.6 is 0 Å². The van der Waals surface area contributed by atoms with Crippen LogP contribution < -0.4 is 0 Å². The van der Waals surface area contributed by atoms with Crippen LogP contribution in [0.2, 0.25) is 0 Å². The van der Waals surface area contributed by atoms with Crippen molar-refractivity contribution in [3.8, 4) is 27.9 Å². The number of fused-ring (bicyclic) bond motifs is 7. The van der Waals surface area contributed by atoms with Gasteiger partial charge in [0.1, 0.15) is 0 Å². The Labute approximate surface area is 245 Å². The molecule has 0 N–H and O–H groups in total. The third kappa shape index (κ3) is 3.19. The zero-order valence-electron chi connectivity index (χ0n) is 23.7. The molecule has 1 aromatic heterocycles. The standard InChI is InChI=1S/C41H29N/c1-41(2)36-14-5-6-16-39(36)42-38-22-21-30(25-35(38)34-13-8-15-37(41)40(34)42)28-17-18-29-24-31(20-19-27(29)23-28)33-12-7-10-26-9-3-4-11-32(26)33/h3-25H,1-2H3. The highest BCUT2D eigenvalue weighted by Crippen LogP contribution is 2.47. The summed E-state index contributed by atoms with van der Waals surface area (Å²) in [5.74, 6) is 0. The molecular formula is C41H29N. The van der Waals surface area contributed by atoms with E-state index in [9.17, 15) is 0 Å². The first-order chi connectivity index (χ1) is 20.6. The monoisotopic (exact) mass is 535 g/mol. The Morgan fingerprint density at radius 1 is 0.452 bits per heavy atom. The maximum Gasteiger partial charge on any atom is 0.0582 e. The molecule has 0 radical (unpaired) electrons. The lowest BCUT2D eigenvalue weighted by atomic mass is 9.75. The average molecular weight is 536 g/mol. The van der Waals surface area contributed by atoms with Crippen molar-refractivity contribution >= 4 is 43.4 Å². The summed E-state index contributed by atoms with van der Waals surface area (Å²) in [7, 11) is 0. The SMILES string of the molecule is CC1(C)c2ccccc2-n2c3ccc(-c4ccc5cc(-c6cccc7ccccc67)ccc5c4)cc3c3cccc1c32. The molecule has 8 aromatic rings. The molecule has 0 saturated carbocycles. The molecule has 7 aromatic carbocycles. The molecule has 0 saturated heterocycles. The Morgan fingerprint density at radius 3 is 2.00 bits per heavy atom. The fourth-order valence-electron chi connectivity index (χ4n) is 7.42. The predicted molar refractivity (Wildman–Crippen MR) is 179 cm³/mol. The van der Waals surface area contributed by atoms with Gasteiger partial charge in [0.2, 0.25) is 0 Å². The van der Waals surface area contributed by atoms with Crippen LogP contribution in [0.4, 0.5) is 0 Å². The molecule has 1 aliphatic heterocycles. The van der Waals surface area contributed by atoms with E-state index >= 15 is 0 Å². The van der Waals surface area contributed by atoms with Gasteiger partial charge in [-0.05, 0) is 85.3 Å². The minimum Gasteiger partial charge on any atom is -0.309 e. The van der Waals surface area contributed by atoms with Crippen molar-refractivity contribution in [2.45, 2.75) is 19.3 Å². The topological polar surface area (TPSA) is 4.93 Å². The summed E-state index contributed by atoms with van der Waals surface area (Å²) in [6, 6.07) is 51.7. The summed E-state index contributed by atoms with van der Waals surface area (Å²) in [5, 5.41) is 7.72. The molecule has 9 rings (SSSR count). The molecule has 0 fully saturated rings. The Balaban J connectivity index is 1.20. The van der Waals surface area contributed by atoms with Crippen molar-refractivity contribution in [1.82, 2.24) is 4.57 Å². The van der Waals surface area contributed by atoms with E-state index in [1.54, 1.807) is 0 Å². The van der Waals surface area contributed by atoms with Crippen LogP contribution in [-0.2, 0) is 5.41 Å². The van der Waals surface area contributed by atoms with Gasteiger partial charge in [0.05, 0.1) is 16.7 Å². The van der Waals surface area contributed by atoms with Gasteiger partial charge in [-0.3, -0.25) is 0 Å². The molecular weight excluding hydrogens is 506 g/mol. The Bertz CT molecular complexity index is 2380. The molecule has 2 heterocycles. The second-order valence-corrected chi connectivity index (χ2v) is 12.2. The third-order valence-corrected chi connectivity index (χ3v) is 9.55. The van der Waals surface area contributed by atoms with Crippen LogP contribution in [-0.4, -0.2) is 4.57 Å². The second kappa shape index (κ2) is 8.44. The van der Waals surface area contributed by atoms with Crippen LogP contribution in [0, 0.1) is 0 Å². The fraction of sp³-hybridized carbons (Fsp3) is 0.0732. The Morgan fingerprint density at radius 2 is 1.10 bits per heavy atom. The molecule has 42 heavy (non-hydrogen) atoms. The maximum atomic E-state index is 2.49. The highest BCUT2D eigenvalue weighted by molar-refractivity contribution is 6.12. The average Bonchev–Trinajstić information content (AvgIpc) is 3.37. The van der Waals surface area contributed by atoms with E-state index in [1.165, 1.54) is 82.4 Å². The molecule has 1 aliphatic rings. The Hall–Kier alpha value is -5.14. The zero-order valence-corrected chi connectivity index (χ0v) is 23.7. The normalized spacial score (nSPS) is 13.7. The zero-order chi connectivity index (χ0) is 28.0. The number of rotatable bonds is 2. The molecule has 198 valence electrons. The minimum atomic E-state index is -0.0491. The van der Waals surface area contributed by atoms with Crippen molar-refractivity contribution in [3.05, 3.63) is 151 Å². The Kier molecular flexibility index (Phi) is 4.73. The van der Waals surface area contributed by atoms with Crippen molar-refractivity contribution in [1.29, 1.82) is 0 Å². The summed E-state index contributed by atoms with van der Waals surface area (Å²) in [5.41, 5.74) is 11.7. The van der Waals surface area contributed by atoms with E-state index in [0.29, 0.717) is 0 Å². The van der Waals surface area contributed by atoms with E-state index in [1.807, 2.05) is 0 Å². The highest BCUT2D eigenvalue weighted by atomic mass is 15.0. The number of nitrogens with zero attached hydrogens (tertiary/aromatic N) is 1. The highest BCUT2D eigenvalue weighted by Gasteiger charge is 2.34. The largest absolute Gasteiger partial charge is 0.309 e. The molecule has 0 aliphatic carbocycles. The molecule has 0 amide bonds. The molecule has 1 heteroatoms. The maximum absolute atomic E-state index is 2.49. The van der Waals surface area contributed by atoms with Crippen LogP contribution in [0.15, 0.2) is 140 Å². The van der Waals surface area contributed by atoms with Gasteiger partial charge in [-0.1, -0.05) is 123 Å². The van der Waals surface area contributed by atoms with Crippen molar-refractivity contribution in [3.63, 3.8) is 0 Å². The lowest BCUT2D eigenvalue weighted by molar-refractivity contribution is 0.630.